The summed E-state index contributed by atoms with van der Waals surface area (Å²) in [5.74, 6) is -1.53. The quantitative estimate of drug-likeness (QED) is 0.474. The van der Waals surface area contributed by atoms with Crippen molar-refractivity contribution in [2.75, 3.05) is 26.5 Å². The predicted molar refractivity (Wildman–Crippen MR) is 110 cm³/mol. The van der Waals surface area contributed by atoms with Crippen LogP contribution < -0.4 is 10.1 Å². The number of carbonyl (C=O) groups excluding carboxylic acids is 2. The number of aromatic nitrogens is 3. The molecule has 0 radical (unpaired) electrons. The normalized spacial score (nSPS) is 10.4. The van der Waals surface area contributed by atoms with Crippen LogP contribution in [0.15, 0.2) is 42.9 Å². The number of rotatable bonds is 6. The Labute approximate surface area is 176 Å². The number of ether oxygens (including phenoxy) is 1. The number of hydrogen-bond acceptors (Lipinski definition) is 7. The van der Waals surface area contributed by atoms with Gasteiger partial charge in [-0.3, -0.25) is 14.6 Å². The van der Waals surface area contributed by atoms with E-state index in [-0.39, 0.29) is 34.2 Å². The van der Waals surface area contributed by atoms with E-state index in [0.717, 1.165) is 0 Å². The molecule has 3 rings (SSSR count). The van der Waals surface area contributed by atoms with E-state index in [9.17, 15) is 14.0 Å². The van der Waals surface area contributed by atoms with Gasteiger partial charge in [0.25, 0.3) is 11.7 Å². The molecule has 10 heteroatoms. The molecule has 0 aliphatic heterocycles. The summed E-state index contributed by atoms with van der Waals surface area (Å²) in [5.41, 5.74) is 0.425. The Morgan fingerprint density at radius 2 is 1.97 bits per heavy atom. The van der Waals surface area contributed by atoms with Crippen LogP contribution in [0.2, 0.25) is 5.02 Å². The smallest absolute Gasteiger partial charge is 0.294 e. The van der Waals surface area contributed by atoms with Crippen molar-refractivity contribution in [2.24, 2.45) is 0 Å². The molecule has 2 aromatic heterocycles. The van der Waals surface area contributed by atoms with Crippen LogP contribution in [-0.2, 0) is 4.79 Å². The SMILES string of the molecule is COc1cnc(-c2cc(Cl)ccc2F)nc1Nc1ccncc1C(=O)C(=O)N(C)C. The van der Waals surface area contributed by atoms with Crippen LogP contribution in [0.4, 0.5) is 15.9 Å². The van der Waals surface area contributed by atoms with Gasteiger partial charge in [0.2, 0.25) is 0 Å². The summed E-state index contributed by atoms with van der Waals surface area (Å²) < 4.78 is 19.5. The highest BCUT2D eigenvalue weighted by Crippen LogP contribution is 2.30. The minimum Gasteiger partial charge on any atom is -0.491 e. The fraction of sp³-hybridized carbons (Fsp3) is 0.150. The highest BCUT2D eigenvalue weighted by Gasteiger charge is 2.22. The van der Waals surface area contributed by atoms with Gasteiger partial charge in [-0.2, -0.15) is 0 Å². The van der Waals surface area contributed by atoms with Gasteiger partial charge in [-0.15, -0.1) is 0 Å². The van der Waals surface area contributed by atoms with Crippen molar-refractivity contribution >= 4 is 34.8 Å². The van der Waals surface area contributed by atoms with E-state index < -0.39 is 17.5 Å². The first-order valence-corrected chi connectivity index (χ1v) is 9.03. The summed E-state index contributed by atoms with van der Waals surface area (Å²) in [5, 5.41) is 3.27. The summed E-state index contributed by atoms with van der Waals surface area (Å²) in [4.78, 5) is 38.1. The van der Waals surface area contributed by atoms with Crippen molar-refractivity contribution < 1.29 is 18.7 Å². The van der Waals surface area contributed by atoms with Gasteiger partial charge in [-0.1, -0.05) is 11.6 Å². The van der Waals surface area contributed by atoms with Crippen LogP contribution in [-0.4, -0.2) is 52.7 Å². The van der Waals surface area contributed by atoms with E-state index in [2.05, 4.69) is 20.3 Å². The molecule has 0 aliphatic rings. The van der Waals surface area contributed by atoms with E-state index in [1.807, 2.05) is 0 Å². The number of methoxy groups -OCH3 is 1. The molecule has 1 N–H and O–H groups in total. The number of Topliss-reactive ketones (excluding diaryl/α,β-unsaturated/α-hetero) is 1. The number of nitrogens with zero attached hydrogens (tertiary/aromatic N) is 4. The highest BCUT2D eigenvalue weighted by atomic mass is 35.5. The molecule has 0 fully saturated rings. The third-order valence-electron chi connectivity index (χ3n) is 4.06. The van der Waals surface area contributed by atoms with Crippen LogP contribution >= 0.6 is 11.6 Å². The van der Waals surface area contributed by atoms with E-state index in [1.54, 1.807) is 0 Å². The number of anilines is 2. The molecule has 0 saturated heterocycles. The molecule has 0 atom stereocenters. The van der Waals surface area contributed by atoms with Crippen LogP contribution in [0, 0.1) is 5.82 Å². The lowest BCUT2D eigenvalue weighted by atomic mass is 10.1. The van der Waals surface area contributed by atoms with Crippen molar-refractivity contribution in [3.05, 3.63) is 59.3 Å². The number of carbonyl (C=O) groups is 2. The van der Waals surface area contributed by atoms with Gasteiger partial charge in [0.15, 0.2) is 17.4 Å². The van der Waals surface area contributed by atoms with Gasteiger partial charge in [0.05, 0.1) is 30.1 Å². The lowest BCUT2D eigenvalue weighted by molar-refractivity contribution is -0.124. The van der Waals surface area contributed by atoms with Crippen LogP contribution in [0.1, 0.15) is 10.4 Å². The van der Waals surface area contributed by atoms with E-state index in [0.29, 0.717) is 5.02 Å². The average Bonchev–Trinajstić information content (AvgIpc) is 2.74. The molecule has 8 nitrogen and oxygen atoms in total. The molecule has 30 heavy (non-hydrogen) atoms. The molecule has 1 amide bonds. The maximum Gasteiger partial charge on any atom is 0.294 e. The molecule has 0 unspecified atom stereocenters. The zero-order valence-corrected chi connectivity index (χ0v) is 17.1. The number of pyridine rings is 1. The Hall–Kier alpha value is -3.59. The minimum atomic E-state index is -0.746. The second-order valence-corrected chi connectivity index (χ2v) is 6.75. The van der Waals surface area contributed by atoms with Crippen molar-refractivity contribution in [1.29, 1.82) is 0 Å². The molecule has 0 saturated carbocycles. The predicted octanol–water partition coefficient (Wildman–Crippen LogP) is 3.35. The second-order valence-electron chi connectivity index (χ2n) is 6.31. The monoisotopic (exact) mass is 429 g/mol. The third kappa shape index (κ3) is 4.36. The maximum absolute atomic E-state index is 14.2. The summed E-state index contributed by atoms with van der Waals surface area (Å²) in [7, 11) is 4.36. The van der Waals surface area contributed by atoms with Crippen LogP contribution in [0.25, 0.3) is 11.4 Å². The summed E-state index contributed by atoms with van der Waals surface area (Å²) in [6.45, 7) is 0. The number of hydrogen-bond donors (Lipinski definition) is 1. The summed E-state index contributed by atoms with van der Waals surface area (Å²) in [6.07, 6.45) is 4.08. The van der Waals surface area contributed by atoms with Gasteiger partial charge in [-0.25, -0.2) is 14.4 Å². The molecule has 3 aromatic rings. The van der Waals surface area contributed by atoms with Crippen molar-refractivity contribution in [3.8, 4) is 17.1 Å². The highest BCUT2D eigenvalue weighted by molar-refractivity contribution is 6.43. The Kier molecular flexibility index (Phi) is 6.22. The van der Waals surface area contributed by atoms with E-state index in [4.69, 9.17) is 16.3 Å². The minimum absolute atomic E-state index is 0.0485. The Balaban J connectivity index is 2.04. The van der Waals surface area contributed by atoms with Crippen LogP contribution in [0.3, 0.4) is 0 Å². The Morgan fingerprint density at radius 3 is 2.67 bits per heavy atom. The molecule has 2 heterocycles. The fourth-order valence-electron chi connectivity index (χ4n) is 2.54. The first-order chi connectivity index (χ1) is 14.3. The average molecular weight is 430 g/mol. The van der Waals surface area contributed by atoms with Gasteiger partial charge in [0.1, 0.15) is 5.82 Å². The second kappa shape index (κ2) is 8.83. The zero-order chi connectivity index (χ0) is 21.8. The van der Waals surface area contributed by atoms with E-state index >= 15 is 0 Å². The molecule has 0 aliphatic carbocycles. The molecule has 154 valence electrons. The van der Waals surface area contributed by atoms with E-state index in [1.165, 1.54) is 69.0 Å². The first kappa shape index (κ1) is 21.1. The third-order valence-corrected chi connectivity index (χ3v) is 4.30. The van der Waals surface area contributed by atoms with Gasteiger partial charge < -0.3 is 15.0 Å². The Bertz CT molecular complexity index is 1120. The van der Waals surface area contributed by atoms with Crippen molar-refractivity contribution in [2.45, 2.75) is 0 Å². The standard InChI is InChI=1S/C20H17ClFN5O3/c1-27(2)20(29)17(28)13-9-23-7-6-15(13)25-19-16(30-3)10-24-18(26-19)12-8-11(21)4-5-14(12)22/h4-10H,1-3H3,(H,23,24,25,26). The summed E-state index contributed by atoms with van der Waals surface area (Å²) >= 11 is 5.96. The van der Waals surface area contributed by atoms with Gasteiger partial charge >= 0.3 is 0 Å². The maximum atomic E-state index is 14.2. The number of ketones is 1. The number of likely N-dealkylation sites (N-methyl/N-ethyl adjacent to an activating group) is 1. The fourth-order valence-corrected chi connectivity index (χ4v) is 2.71. The zero-order valence-electron chi connectivity index (χ0n) is 16.3. The molecular formula is C20H17ClFN5O3. The molecule has 1 aromatic carbocycles. The van der Waals surface area contributed by atoms with Crippen molar-refractivity contribution in [3.63, 3.8) is 0 Å². The lowest BCUT2D eigenvalue weighted by Crippen LogP contribution is -2.30. The number of halogens is 2. The number of benzene rings is 1. The molecular weight excluding hydrogens is 413 g/mol. The summed E-state index contributed by atoms with van der Waals surface area (Å²) in [6, 6.07) is 5.54. The Morgan fingerprint density at radius 1 is 1.20 bits per heavy atom. The topological polar surface area (TPSA) is 97.3 Å². The number of nitrogens with one attached hydrogen (secondary N) is 1. The molecule has 0 bridgehead atoms. The van der Waals surface area contributed by atoms with Gasteiger partial charge in [0, 0.05) is 31.5 Å². The molecule has 0 spiro atoms. The van der Waals surface area contributed by atoms with Gasteiger partial charge in [-0.05, 0) is 24.3 Å². The van der Waals surface area contributed by atoms with Crippen LogP contribution in [0.5, 0.6) is 5.75 Å². The number of amides is 1. The lowest BCUT2D eigenvalue weighted by Gasteiger charge is -2.15. The van der Waals surface area contributed by atoms with Crippen molar-refractivity contribution in [1.82, 2.24) is 19.9 Å². The first-order valence-electron chi connectivity index (χ1n) is 8.65. The largest absolute Gasteiger partial charge is 0.491 e.